The number of rotatable bonds is 6. The van der Waals surface area contributed by atoms with Crippen LogP contribution >= 0.6 is 23.1 Å². The molecule has 1 aromatic carbocycles. The molecule has 0 aliphatic carbocycles. The quantitative estimate of drug-likeness (QED) is 0.470. The van der Waals surface area contributed by atoms with Crippen LogP contribution in [-0.2, 0) is 6.54 Å². The third-order valence-electron chi connectivity index (χ3n) is 4.37. The Morgan fingerprint density at radius 3 is 3.04 bits per heavy atom. The molecule has 0 amide bonds. The number of aliphatic hydroxyl groups excluding tert-OH is 1. The van der Waals surface area contributed by atoms with Crippen LogP contribution in [0.5, 0.6) is 0 Å². The van der Waals surface area contributed by atoms with E-state index in [1.165, 1.54) is 10.5 Å². The van der Waals surface area contributed by atoms with Gasteiger partial charge in [0.2, 0.25) is 0 Å². The Morgan fingerprint density at radius 2 is 2.33 bits per heavy atom. The number of hydrogen-bond acceptors (Lipinski definition) is 5. The average molecular weight is 362 g/mol. The lowest BCUT2D eigenvalue weighted by Gasteiger charge is -2.23. The summed E-state index contributed by atoms with van der Waals surface area (Å²) in [5.41, 5.74) is 8.25. The molecule has 6 heteroatoms. The molecule has 1 fully saturated rings. The zero-order valence-corrected chi connectivity index (χ0v) is 15.4. The minimum atomic E-state index is 0.234. The van der Waals surface area contributed by atoms with Gasteiger partial charge in [0.15, 0.2) is 0 Å². The van der Waals surface area contributed by atoms with Crippen molar-refractivity contribution in [2.24, 2.45) is 10.7 Å². The van der Waals surface area contributed by atoms with Gasteiger partial charge in [-0.15, -0.1) is 23.1 Å². The van der Waals surface area contributed by atoms with E-state index >= 15 is 0 Å². The van der Waals surface area contributed by atoms with Crippen molar-refractivity contribution in [3.8, 4) is 0 Å². The third kappa shape index (κ3) is 4.00. The van der Waals surface area contributed by atoms with E-state index in [1.54, 1.807) is 23.1 Å². The Kier molecular flexibility index (Phi) is 5.94. The summed E-state index contributed by atoms with van der Waals surface area (Å²) in [6.07, 6.45) is 4.33. The Hall–Kier alpha value is -1.34. The number of nitrogens with two attached hydrogens (primary N) is 1. The van der Waals surface area contributed by atoms with Gasteiger partial charge in [-0.3, -0.25) is 4.90 Å². The van der Waals surface area contributed by atoms with Crippen LogP contribution in [0.2, 0.25) is 0 Å². The topological polar surface area (TPSA) is 61.8 Å². The highest BCUT2D eigenvalue weighted by Crippen LogP contribution is 2.29. The lowest BCUT2D eigenvalue weighted by Crippen LogP contribution is -2.31. The predicted octanol–water partition coefficient (Wildman–Crippen LogP) is 3.46. The largest absolute Gasteiger partial charge is 0.395 e. The number of aliphatic hydroxyl groups is 1. The van der Waals surface area contributed by atoms with E-state index in [2.05, 4.69) is 28.3 Å². The van der Waals surface area contributed by atoms with E-state index in [0.29, 0.717) is 5.84 Å². The Labute approximate surface area is 151 Å². The van der Waals surface area contributed by atoms with Crippen molar-refractivity contribution in [1.82, 2.24) is 4.90 Å². The molecule has 0 spiro atoms. The molecular weight excluding hydrogens is 338 g/mol. The van der Waals surface area contributed by atoms with Crippen LogP contribution in [0.4, 0.5) is 5.69 Å². The van der Waals surface area contributed by atoms with Crippen LogP contribution in [0.1, 0.15) is 23.3 Å². The summed E-state index contributed by atoms with van der Waals surface area (Å²) in [7, 11) is 0. The zero-order chi connectivity index (χ0) is 16.9. The highest BCUT2D eigenvalue weighted by atomic mass is 32.2. The molecule has 3 rings (SSSR count). The van der Waals surface area contributed by atoms with Gasteiger partial charge in [-0.2, -0.15) is 0 Å². The summed E-state index contributed by atoms with van der Waals surface area (Å²) >= 11 is 3.34. The van der Waals surface area contributed by atoms with Crippen LogP contribution in [-0.4, -0.2) is 41.3 Å². The van der Waals surface area contributed by atoms with Gasteiger partial charge in [0.25, 0.3) is 0 Å². The summed E-state index contributed by atoms with van der Waals surface area (Å²) in [5, 5.41) is 11.5. The summed E-state index contributed by atoms with van der Waals surface area (Å²) in [5.74, 6) is 0.558. The van der Waals surface area contributed by atoms with Crippen molar-refractivity contribution in [2.75, 3.05) is 19.4 Å². The number of amidine groups is 1. The summed E-state index contributed by atoms with van der Waals surface area (Å²) in [4.78, 5) is 9.19. The first-order chi connectivity index (χ1) is 11.7. The molecule has 0 saturated carbocycles. The monoisotopic (exact) mass is 361 g/mol. The van der Waals surface area contributed by atoms with Crippen molar-refractivity contribution in [3.63, 3.8) is 0 Å². The molecule has 0 bridgehead atoms. The molecule has 4 nitrogen and oxygen atoms in total. The van der Waals surface area contributed by atoms with Gasteiger partial charge < -0.3 is 10.8 Å². The molecule has 24 heavy (non-hydrogen) atoms. The van der Waals surface area contributed by atoms with Gasteiger partial charge in [0.05, 0.1) is 17.2 Å². The Morgan fingerprint density at radius 1 is 1.46 bits per heavy atom. The third-order valence-corrected chi connectivity index (χ3v) is 6.10. The van der Waals surface area contributed by atoms with Crippen molar-refractivity contribution < 1.29 is 5.11 Å². The molecular formula is C18H23N3OS2. The maximum absolute atomic E-state index is 9.54. The first-order valence-corrected chi connectivity index (χ1v) is 10.2. The molecule has 0 unspecified atom stereocenters. The van der Waals surface area contributed by atoms with Crippen LogP contribution < -0.4 is 5.73 Å². The summed E-state index contributed by atoms with van der Waals surface area (Å²) in [6, 6.07) is 10.5. The molecule has 2 heterocycles. The smallest absolute Gasteiger partial charge is 0.141 e. The maximum Gasteiger partial charge on any atom is 0.141 e. The first-order valence-electron chi connectivity index (χ1n) is 8.11. The van der Waals surface area contributed by atoms with E-state index in [1.807, 2.05) is 23.6 Å². The minimum Gasteiger partial charge on any atom is -0.395 e. The van der Waals surface area contributed by atoms with E-state index in [9.17, 15) is 5.11 Å². The second kappa shape index (κ2) is 8.16. The number of thioether (sulfide) groups is 1. The average Bonchev–Trinajstić information content (AvgIpc) is 3.26. The van der Waals surface area contributed by atoms with Gasteiger partial charge in [-0.1, -0.05) is 6.07 Å². The number of thiophene rings is 1. The van der Waals surface area contributed by atoms with Crippen LogP contribution in [0.25, 0.3) is 0 Å². The molecule has 3 N–H and O–H groups in total. The van der Waals surface area contributed by atoms with Crippen LogP contribution in [0.3, 0.4) is 0 Å². The van der Waals surface area contributed by atoms with Gasteiger partial charge in [-0.25, -0.2) is 4.99 Å². The zero-order valence-electron chi connectivity index (χ0n) is 13.8. The van der Waals surface area contributed by atoms with Gasteiger partial charge in [0, 0.05) is 17.5 Å². The van der Waals surface area contributed by atoms with E-state index in [0.717, 1.165) is 36.5 Å². The Bertz CT molecular complexity index is 700. The van der Waals surface area contributed by atoms with Crippen LogP contribution in [0, 0.1) is 0 Å². The standard InChI is InChI=1S/C18H23N3OS2/c1-23-16-7-6-14(20-18(19)17-5-3-9-24-17)10-13(16)11-21-8-2-4-15(21)12-22/h3,5-7,9-10,15,22H,2,4,8,11-12H2,1H3,(H2,19,20)/t15-/m1/s1. The predicted molar refractivity (Wildman–Crippen MR) is 103 cm³/mol. The van der Waals surface area contributed by atoms with Crippen LogP contribution in [0.15, 0.2) is 45.6 Å². The summed E-state index contributed by atoms with van der Waals surface area (Å²) < 4.78 is 0. The van der Waals surface area contributed by atoms with Crippen molar-refractivity contribution >= 4 is 34.6 Å². The van der Waals surface area contributed by atoms with Crippen molar-refractivity contribution in [2.45, 2.75) is 30.3 Å². The minimum absolute atomic E-state index is 0.234. The molecule has 0 radical (unpaired) electrons. The normalized spacial score (nSPS) is 19.1. The molecule has 1 saturated heterocycles. The SMILES string of the molecule is CSc1ccc(N=C(N)c2cccs2)cc1CN1CCC[C@@H]1CO. The number of aliphatic imine (C=N–C) groups is 1. The molecule has 1 aliphatic heterocycles. The Balaban J connectivity index is 1.84. The summed E-state index contributed by atoms with van der Waals surface area (Å²) in [6.45, 7) is 2.13. The van der Waals surface area contributed by atoms with Gasteiger partial charge in [-0.05, 0) is 60.9 Å². The number of nitrogens with zero attached hydrogens (tertiary/aromatic N) is 2. The highest BCUT2D eigenvalue weighted by molar-refractivity contribution is 7.98. The van der Waals surface area contributed by atoms with Gasteiger partial charge >= 0.3 is 0 Å². The number of hydrogen-bond donors (Lipinski definition) is 2. The second-order valence-corrected chi connectivity index (χ2v) is 7.72. The highest BCUT2D eigenvalue weighted by Gasteiger charge is 2.24. The fourth-order valence-electron chi connectivity index (χ4n) is 3.11. The molecule has 1 aliphatic rings. The van der Waals surface area contributed by atoms with Gasteiger partial charge in [0.1, 0.15) is 5.84 Å². The molecule has 1 atom stereocenters. The number of likely N-dealkylation sites (tertiary alicyclic amines) is 1. The van der Waals surface area contributed by atoms with E-state index < -0.39 is 0 Å². The first kappa shape index (κ1) is 17.5. The molecule has 2 aromatic rings. The number of benzene rings is 1. The molecule has 128 valence electrons. The van der Waals surface area contributed by atoms with E-state index in [-0.39, 0.29) is 12.6 Å². The van der Waals surface area contributed by atoms with E-state index in [4.69, 9.17) is 5.73 Å². The fraction of sp³-hybridized carbons (Fsp3) is 0.389. The van der Waals surface area contributed by atoms with Crippen molar-refractivity contribution in [1.29, 1.82) is 0 Å². The molecule has 1 aromatic heterocycles. The lowest BCUT2D eigenvalue weighted by molar-refractivity contribution is 0.153. The van der Waals surface area contributed by atoms with Crippen molar-refractivity contribution in [3.05, 3.63) is 46.2 Å². The lowest BCUT2D eigenvalue weighted by atomic mass is 10.1. The fourth-order valence-corrected chi connectivity index (χ4v) is 4.32. The second-order valence-electron chi connectivity index (χ2n) is 5.92. The maximum atomic E-state index is 9.54.